The quantitative estimate of drug-likeness (QED) is 0.848. The Morgan fingerprint density at radius 1 is 1.17 bits per heavy atom. The highest BCUT2D eigenvalue weighted by molar-refractivity contribution is 7.07. The van der Waals surface area contributed by atoms with Crippen LogP contribution in [0.3, 0.4) is 0 Å². The van der Waals surface area contributed by atoms with Gasteiger partial charge in [-0.2, -0.15) is 11.3 Å². The molecule has 4 rings (SSSR count). The first-order valence-electron chi connectivity index (χ1n) is 8.93. The van der Waals surface area contributed by atoms with E-state index in [2.05, 4.69) is 26.6 Å². The molecule has 0 aliphatic carbocycles. The zero-order valence-corrected chi connectivity index (χ0v) is 14.5. The second-order valence-corrected chi connectivity index (χ2v) is 7.94. The maximum Gasteiger partial charge on any atom is 0.227 e. The number of amides is 1. The van der Waals surface area contributed by atoms with Crippen molar-refractivity contribution in [3.63, 3.8) is 0 Å². The summed E-state index contributed by atoms with van der Waals surface area (Å²) in [5.74, 6) is 1.11. The molecule has 0 saturated carbocycles. The highest BCUT2D eigenvalue weighted by Crippen LogP contribution is 2.33. The normalized spacial score (nSPS) is 29.1. The van der Waals surface area contributed by atoms with E-state index in [0.717, 1.165) is 45.1 Å². The number of ether oxygens (including phenoxy) is 1. The van der Waals surface area contributed by atoms with Crippen LogP contribution in [-0.4, -0.2) is 60.6 Å². The predicted octanol–water partition coefficient (Wildman–Crippen LogP) is 2.39. The summed E-state index contributed by atoms with van der Waals surface area (Å²) in [7, 11) is 0. The van der Waals surface area contributed by atoms with Gasteiger partial charge in [-0.05, 0) is 54.0 Å². The van der Waals surface area contributed by atoms with Gasteiger partial charge in [0.15, 0.2) is 0 Å². The first-order chi connectivity index (χ1) is 11.3. The van der Waals surface area contributed by atoms with E-state index in [4.69, 9.17) is 4.74 Å². The molecule has 5 heteroatoms. The Balaban J connectivity index is 1.34. The van der Waals surface area contributed by atoms with E-state index in [0.29, 0.717) is 24.4 Å². The SMILES string of the molecule is O=C(Cc1ccsc1)N1CC[C@H]2[C@H]1CCN2CC1CCOCC1. The first-order valence-corrected chi connectivity index (χ1v) is 9.88. The van der Waals surface area contributed by atoms with E-state index in [1.165, 1.54) is 24.9 Å². The van der Waals surface area contributed by atoms with Gasteiger partial charge in [-0.3, -0.25) is 9.69 Å². The van der Waals surface area contributed by atoms with Gasteiger partial charge in [0.05, 0.1) is 6.42 Å². The molecule has 1 aromatic heterocycles. The lowest BCUT2D eigenvalue weighted by Gasteiger charge is -2.30. The second-order valence-electron chi connectivity index (χ2n) is 7.16. The summed E-state index contributed by atoms with van der Waals surface area (Å²) in [6, 6.07) is 3.13. The number of likely N-dealkylation sites (tertiary alicyclic amines) is 2. The highest BCUT2D eigenvalue weighted by Gasteiger charge is 2.44. The molecule has 3 saturated heterocycles. The molecule has 23 heavy (non-hydrogen) atoms. The van der Waals surface area contributed by atoms with Gasteiger partial charge in [-0.15, -0.1) is 0 Å². The Morgan fingerprint density at radius 2 is 2.00 bits per heavy atom. The van der Waals surface area contributed by atoms with Crippen LogP contribution in [0.25, 0.3) is 0 Å². The maximum absolute atomic E-state index is 12.6. The van der Waals surface area contributed by atoms with Crippen LogP contribution in [0.4, 0.5) is 0 Å². The molecule has 4 nitrogen and oxygen atoms in total. The van der Waals surface area contributed by atoms with Gasteiger partial charge >= 0.3 is 0 Å². The molecule has 2 atom stereocenters. The molecule has 0 N–H and O–H groups in total. The number of carbonyl (C=O) groups is 1. The van der Waals surface area contributed by atoms with Gasteiger partial charge in [0.25, 0.3) is 0 Å². The molecular formula is C18H26N2O2S. The van der Waals surface area contributed by atoms with Crippen molar-refractivity contribution in [2.75, 3.05) is 32.8 Å². The molecule has 0 unspecified atom stereocenters. The molecule has 126 valence electrons. The van der Waals surface area contributed by atoms with Crippen LogP contribution >= 0.6 is 11.3 Å². The summed E-state index contributed by atoms with van der Waals surface area (Å²) in [5.41, 5.74) is 1.17. The minimum absolute atomic E-state index is 0.323. The highest BCUT2D eigenvalue weighted by atomic mass is 32.1. The number of rotatable bonds is 4. The average Bonchev–Trinajstić information content (AvgIpc) is 3.27. The second kappa shape index (κ2) is 6.91. The maximum atomic E-state index is 12.6. The molecule has 1 aromatic rings. The van der Waals surface area contributed by atoms with Crippen LogP contribution in [0.1, 0.15) is 31.2 Å². The molecule has 3 fully saturated rings. The number of thiophene rings is 1. The Bertz CT molecular complexity index is 527. The van der Waals surface area contributed by atoms with E-state index in [9.17, 15) is 4.79 Å². The Kier molecular flexibility index (Phi) is 4.69. The van der Waals surface area contributed by atoms with E-state index >= 15 is 0 Å². The fourth-order valence-corrected chi connectivity index (χ4v) is 5.21. The molecular weight excluding hydrogens is 308 g/mol. The third-order valence-electron chi connectivity index (χ3n) is 5.78. The first kappa shape index (κ1) is 15.6. The van der Waals surface area contributed by atoms with Crippen molar-refractivity contribution in [3.05, 3.63) is 22.4 Å². The number of nitrogens with zero attached hydrogens (tertiary/aromatic N) is 2. The largest absolute Gasteiger partial charge is 0.381 e. The standard InChI is InChI=1S/C18H26N2O2S/c21-18(11-15-5-10-23-13-15)20-7-2-16-17(20)1-6-19(16)12-14-3-8-22-9-4-14/h5,10,13-14,16-17H,1-4,6-9,11-12H2/t16-,17+/m0/s1. The lowest BCUT2D eigenvalue weighted by Crippen LogP contribution is -2.41. The average molecular weight is 334 g/mol. The zero-order valence-electron chi connectivity index (χ0n) is 13.7. The van der Waals surface area contributed by atoms with Gasteiger partial charge in [0, 0.05) is 44.9 Å². The summed E-state index contributed by atoms with van der Waals surface area (Å²) in [6.45, 7) is 5.17. The van der Waals surface area contributed by atoms with Crippen LogP contribution in [0.15, 0.2) is 16.8 Å². The van der Waals surface area contributed by atoms with Crippen molar-refractivity contribution in [1.82, 2.24) is 9.80 Å². The molecule has 4 heterocycles. The van der Waals surface area contributed by atoms with Crippen LogP contribution in [0, 0.1) is 5.92 Å². The lowest BCUT2D eigenvalue weighted by atomic mass is 9.99. The Hall–Kier alpha value is -0.910. The molecule has 0 aromatic carbocycles. The van der Waals surface area contributed by atoms with Gasteiger partial charge in [0.2, 0.25) is 5.91 Å². The zero-order chi connectivity index (χ0) is 15.6. The molecule has 3 aliphatic rings. The smallest absolute Gasteiger partial charge is 0.227 e. The topological polar surface area (TPSA) is 32.8 Å². The Morgan fingerprint density at radius 3 is 2.78 bits per heavy atom. The van der Waals surface area contributed by atoms with E-state index in [-0.39, 0.29) is 0 Å². The van der Waals surface area contributed by atoms with Gasteiger partial charge in [-0.25, -0.2) is 0 Å². The van der Waals surface area contributed by atoms with Crippen molar-refractivity contribution < 1.29 is 9.53 Å². The number of hydrogen-bond acceptors (Lipinski definition) is 4. The molecule has 0 spiro atoms. The minimum atomic E-state index is 0.323. The predicted molar refractivity (Wildman–Crippen MR) is 91.7 cm³/mol. The van der Waals surface area contributed by atoms with E-state index in [1.807, 2.05) is 0 Å². The van der Waals surface area contributed by atoms with Crippen LogP contribution in [0.5, 0.6) is 0 Å². The van der Waals surface area contributed by atoms with E-state index < -0.39 is 0 Å². The van der Waals surface area contributed by atoms with Gasteiger partial charge in [-0.1, -0.05) is 0 Å². The summed E-state index contributed by atoms with van der Waals surface area (Å²) in [4.78, 5) is 17.5. The number of hydrogen-bond donors (Lipinski definition) is 0. The summed E-state index contributed by atoms with van der Waals surface area (Å²) in [5, 5.41) is 4.15. The van der Waals surface area contributed by atoms with Crippen molar-refractivity contribution >= 4 is 17.2 Å². The van der Waals surface area contributed by atoms with Crippen LogP contribution < -0.4 is 0 Å². The minimum Gasteiger partial charge on any atom is -0.381 e. The van der Waals surface area contributed by atoms with Crippen molar-refractivity contribution in [2.45, 2.75) is 44.2 Å². The Labute approximate surface area is 142 Å². The van der Waals surface area contributed by atoms with Crippen molar-refractivity contribution in [2.24, 2.45) is 5.92 Å². The van der Waals surface area contributed by atoms with Crippen molar-refractivity contribution in [1.29, 1.82) is 0 Å². The fraction of sp³-hybridized carbons (Fsp3) is 0.722. The molecule has 1 amide bonds. The van der Waals surface area contributed by atoms with Crippen LogP contribution in [0.2, 0.25) is 0 Å². The van der Waals surface area contributed by atoms with E-state index in [1.54, 1.807) is 11.3 Å². The molecule has 3 aliphatic heterocycles. The van der Waals surface area contributed by atoms with Crippen LogP contribution in [-0.2, 0) is 16.0 Å². The third kappa shape index (κ3) is 3.32. The fourth-order valence-electron chi connectivity index (χ4n) is 4.54. The molecule has 0 radical (unpaired) electrons. The van der Waals surface area contributed by atoms with Gasteiger partial charge < -0.3 is 9.64 Å². The summed E-state index contributed by atoms with van der Waals surface area (Å²) in [6.07, 6.45) is 5.29. The monoisotopic (exact) mass is 334 g/mol. The van der Waals surface area contributed by atoms with Gasteiger partial charge in [0.1, 0.15) is 0 Å². The number of carbonyl (C=O) groups excluding carboxylic acids is 1. The number of fused-ring (bicyclic) bond motifs is 1. The third-order valence-corrected chi connectivity index (χ3v) is 6.51. The summed E-state index contributed by atoms with van der Waals surface area (Å²) >= 11 is 1.67. The lowest BCUT2D eigenvalue weighted by molar-refractivity contribution is -0.131. The van der Waals surface area contributed by atoms with Crippen molar-refractivity contribution in [3.8, 4) is 0 Å². The summed E-state index contributed by atoms with van der Waals surface area (Å²) < 4.78 is 5.48. The molecule has 0 bridgehead atoms.